The number of hydrogen-bond acceptors (Lipinski definition) is 1. The van der Waals surface area contributed by atoms with E-state index in [-0.39, 0.29) is 10.6 Å². The van der Waals surface area contributed by atoms with Crippen LogP contribution in [0.1, 0.15) is 40.0 Å². The van der Waals surface area contributed by atoms with Crippen LogP contribution in [0.4, 0.5) is 4.39 Å². The van der Waals surface area contributed by atoms with E-state index in [4.69, 9.17) is 4.42 Å². The molecule has 1 aromatic carbocycles. The molecule has 96 valence electrons. The summed E-state index contributed by atoms with van der Waals surface area (Å²) in [5, 5.41) is 0. The molecule has 0 radical (unpaired) electrons. The molecule has 2 rings (SSSR count). The minimum atomic E-state index is -0.132. The molecule has 1 aromatic heterocycles. The van der Waals surface area contributed by atoms with Gasteiger partial charge in [-0.25, -0.2) is 4.39 Å². The fourth-order valence-electron chi connectivity index (χ4n) is 2.01. The predicted octanol–water partition coefficient (Wildman–Crippen LogP) is 5.08. The van der Waals surface area contributed by atoms with Gasteiger partial charge in [0.05, 0.1) is 4.83 Å². The van der Waals surface area contributed by atoms with Gasteiger partial charge in [-0.2, -0.15) is 0 Å². The lowest BCUT2D eigenvalue weighted by Gasteiger charge is -2.11. The minimum Gasteiger partial charge on any atom is -0.465 e. The van der Waals surface area contributed by atoms with Crippen LogP contribution in [-0.4, -0.2) is 0 Å². The minimum absolute atomic E-state index is 0.0317. The van der Waals surface area contributed by atoms with Gasteiger partial charge in [0.15, 0.2) is 0 Å². The summed E-state index contributed by atoms with van der Waals surface area (Å²) in [4.78, 5) is -0.0317. The largest absolute Gasteiger partial charge is 0.465 e. The van der Waals surface area contributed by atoms with Crippen molar-refractivity contribution in [3.63, 3.8) is 0 Å². The van der Waals surface area contributed by atoms with Gasteiger partial charge < -0.3 is 4.42 Å². The van der Waals surface area contributed by atoms with Crippen LogP contribution in [0.5, 0.6) is 0 Å². The molecule has 2 aromatic rings. The van der Waals surface area contributed by atoms with Gasteiger partial charge in [0.25, 0.3) is 0 Å². The maximum absolute atomic E-state index is 13.6. The third-order valence-corrected chi connectivity index (χ3v) is 4.01. The molecule has 0 aliphatic heterocycles. The molecule has 0 spiro atoms. The fourth-order valence-corrected chi connectivity index (χ4v) is 2.52. The summed E-state index contributed by atoms with van der Waals surface area (Å²) in [6, 6.07) is 7.66. The Morgan fingerprint density at radius 3 is 2.33 bits per heavy atom. The lowest BCUT2D eigenvalue weighted by molar-refractivity contribution is 0.477. The first kappa shape index (κ1) is 13.3. The van der Waals surface area contributed by atoms with E-state index in [0.29, 0.717) is 11.1 Å². The first-order valence-corrected chi connectivity index (χ1v) is 6.93. The van der Waals surface area contributed by atoms with Crippen LogP contribution in [0.2, 0.25) is 0 Å². The Morgan fingerprint density at radius 2 is 1.83 bits per heavy atom. The van der Waals surface area contributed by atoms with Gasteiger partial charge in [-0.3, -0.25) is 0 Å². The SMILES string of the molecule is CCc1ccc(C(Br)c2cc(C)c(F)c(C)c2)o1. The molecule has 18 heavy (non-hydrogen) atoms. The molecule has 1 nitrogen and oxygen atoms in total. The predicted molar refractivity (Wildman–Crippen MR) is 74.7 cm³/mol. The lowest BCUT2D eigenvalue weighted by atomic mass is 10.0. The van der Waals surface area contributed by atoms with Crippen LogP contribution in [-0.2, 0) is 6.42 Å². The Hall–Kier alpha value is -1.09. The molecule has 1 atom stereocenters. The highest BCUT2D eigenvalue weighted by Crippen LogP contribution is 2.33. The summed E-state index contributed by atoms with van der Waals surface area (Å²) < 4.78 is 19.3. The summed E-state index contributed by atoms with van der Waals surface area (Å²) in [5.74, 6) is 1.69. The van der Waals surface area contributed by atoms with Gasteiger partial charge in [0.1, 0.15) is 17.3 Å². The fraction of sp³-hybridized carbons (Fsp3) is 0.333. The Labute approximate surface area is 115 Å². The van der Waals surface area contributed by atoms with E-state index in [0.717, 1.165) is 23.5 Å². The number of furan rings is 1. The molecule has 0 saturated carbocycles. The van der Waals surface area contributed by atoms with Crippen molar-refractivity contribution in [1.82, 2.24) is 0 Å². The summed E-state index contributed by atoms with van der Waals surface area (Å²) in [7, 11) is 0. The van der Waals surface area contributed by atoms with Crippen LogP contribution in [0, 0.1) is 19.7 Å². The average molecular weight is 311 g/mol. The Balaban J connectivity index is 2.36. The van der Waals surface area contributed by atoms with Gasteiger partial charge in [-0.15, -0.1) is 0 Å². The number of halogens is 2. The smallest absolute Gasteiger partial charge is 0.129 e. The first-order chi connectivity index (χ1) is 8.52. The van der Waals surface area contributed by atoms with Gasteiger partial charge in [0.2, 0.25) is 0 Å². The topological polar surface area (TPSA) is 13.1 Å². The molecule has 1 heterocycles. The second-order valence-electron chi connectivity index (χ2n) is 4.49. The van der Waals surface area contributed by atoms with E-state index in [9.17, 15) is 4.39 Å². The molecule has 0 saturated heterocycles. The zero-order chi connectivity index (χ0) is 13.3. The molecular weight excluding hydrogens is 295 g/mol. The highest BCUT2D eigenvalue weighted by Gasteiger charge is 2.16. The van der Waals surface area contributed by atoms with Crippen molar-refractivity contribution >= 4 is 15.9 Å². The van der Waals surface area contributed by atoms with Gasteiger partial charge in [0, 0.05) is 6.42 Å². The van der Waals surface area contributed by atoms with Crippen LogP contribution in [0.15, 0.2) is 28.7 Å². The molecule has 0 N–H and O–H groups in total. The number of aryl methyl sites for hydroxylation is 3. The van der Waals surface area contributed by atoms with Crippen molar-refractivity contribution in [3.05, 3.63) is 58.3 Å². The molecule has 3 heteroatoms. The van der Waals surface area contributed by atoms with Crippen molar-refractivity contribution in [2.45, 2.75) is 32.0 Å². The first-order valence-electron chi connectivity index (χ1n) is 6.02. The zero-order valence-electron chi connectivity index (χ0n) is 10.8. The monoisotopic (exact) mass is 310 g/mol. The second-order valence-corrected chi connectivity index (χ2v) is 5.40. The summed E-state index contributed by atoms with van der Waals surface area (Å²) in [6.07, 6.45) is 0.876. The Morgan fingerprint density at radius 1 is 1.22 bits per heavy atom. The van der Waals surface area contributed by atoms with E-state index in [2.05, 4.69) is 22.9 Å². The molecule has 0 fully saturated rings. The van der Waals surface area contributed by atoms with Crippen molar-refractivity contribution in [2.75, 3.05) is 0 Å². The van der Waals surface area contributed by atoms with Crippen molar-refractivity contribution in [2.24, 2.45) is 0 Å². The molecular formula is C15H16BrFO. The number of alkyl halides is 1. The summed E-state index contributed by atoms with van der Waals surface area (Å²) in [5.41, 5.74) is 2.34. The van der Waals surface area contributed by atoms with Crippen molar-refractivity contribution < 1.29 is 8.81 Å². The van der Waals surface area contributed by atoms with E-state index in [1.54, 1.807) is 13.8 Å². The van der Waals surface area contributed by atoms with E-state index >= 15 is 0 Å². The van der Waals surface area contributed by atoms with Gasteiger partial charge in [-0.1, -0.05) is 35.0 Å². The maximum Gasteiger partial charge on any atom is 0.129 e. The summed E-state index contributed by atoms with van der Waals surface area (Å²) >= 11 is 3.61. The molecule has 0 bridgehead atoms. The van der Waals surface area contributed by atoms with Crippen LogP contribution >= 0.6 is 15.9 Å². The highest BCUT2D eigenvalue weighted by molar-refractivity contribution is 9.09. The number of rotatable bonds is 3. The zero-order valence-corrected chi connectivity index (χ0v) is 12.3. The van der Waals surface area contributed by atoms with Crippen LogP contribution in [0.25, 0.3) is 0 Å². The van der Waals surface area contributed by atoms with Gasteiger partial charge in [-0.05, 0) is 42.7 Å². The van der Waals surface area contributed by atoms with Crippen LogP contribution in [0.3, 0.4) is 0 Å². The normalized spacial score (nSPS) is 12.7. The maximum atomic E-state index is 13.6. The Bertz CT molecular complexity index is 536. The average Bonchev–Trinajstić information content (AvgIpc) is 2.83. The van der Waals surface area contributed by atoms with Gasteiger partial charge >= 0.3 is 0 Å². The third kappa shape index (κ3) is 2.51. The van der Waals surface area contributed by atoms with E-state index < -0.39 is 0 Å². The molecule has 0 amide bonds. The highest BCUT2D eigenvalue weighted by atomic mass is 79.9. The number of benzene rings is 1. The van der Waals surface area contributed by atoms with E-state index in [1.165, 1.54) is 0 Å². The standard InChI is InChI=1S/C15H16BrFO/c1-4-12-5-6-13(18-12)14(16)11-7-9(2)15(17)10(3)8-11/h5-8,14H,4H2,1-3H3. The van der Waals surface area contributed by atoms with Crippen molar-refractivity contribution in [1.29, 1.82) is 0 Å². The number of hydrogen-bond donors (Lipinski definition) is 0. The lowest BCUT2D eigenvalue weighted by Crippen LogP contribution is -1.96. The second kappa shape index (κ2) is 5.27. The quantitative estimate of drug-likeness (QED) is 0.720. The van der Waals surface area contributed by atoms with Crippen molar-refractivity contribution in [3.8, 4) is 0 Å². The Kier molecular flexibility index (Phi) is 3.91. The molecule has 1 unspecified atom stereocenters. The molecule has 0 aliphatic carbocycles. The molecule has 0 aliphatic rings. The van der Waals surface area contributed by atoms with Crippen LogP contribution < -0.4 is 0 Å². The third-order valence-electron chi connectivity index (χ3n) is 3.03. The summed E-state index contributed by atoms with van der Waals surface area (Å²) in [6.45, 7) is 5.62. The van der Waals surface area contributed by atoms with E-state index in [1.807, 2.05) is 24.3 Å².